The number of benzene rings is 1. The summed E-state index contributed by atoms with van der Waals surface area (Å²) in [5, 5.41) is 0.624. The Kier molecular flexibility index (Phi) is 2.66. The SMILES string of the molecule is Clc1cnc(-c2ccccc2)c(Cl)n1. The van der Waals surface area contributed by atoms with E-state index >= 15 is 0 Å². The van der Waals surface area contributed by atoms with Crippen molar-refractivity contribution >= 4 is 23.2 Å². The predicted octanol–water partition coefficient (Wildman–Crippen LogP) is 3.45. The maximum Gasteiger partial charge on any atom is 0.157 e. The van der Waals surface area contributed by atoms with Crippen molar-refractivity contribution in [1.29, 1.82) is 0 Å². The number of aromatic nitrogens is 2. The Balaban J connectivity index is 2.53. The van der Waals surface area contributed by atoms with Gasteiger partial charge in [0.25, 0.3) is 0 Å². The topological polar surface area (TPSA) is 25.8 Å². The molecule has 2 nitrogen and oxygen atoms in total. The average molecular weight is 225 g/mol. The van der Waals surface area contributed by atoms with Gasteiger partial charge in [-0.3, -0.25) is 0 Å². The zero-order valence-electron chi connectivity index (χ0n) is 7.11. The lowest BCUT2D eigenvalue weighted by molar-refractivity contribution is 1.21. The maximum atomic E-state index is 5.91. The fourth-order valence-electron chi connectivity index (χ4n) is 1.14. The highest BCUT2D eigenvalue weighted by molar-refractivity contribution is 6.33. The Hall–Kier alpha value is -1.12. The first-order chi connectivity index (χ1) is 6.77. The first-order valence-electron chi connectivity index (χ1n) is 4.01. The summed E-state index contributed by atoms with van der Waals surface area (Å²) in [6.45, 7) is 0. The van der Waals surface area contributed by atoms with Gasteiger partial charge in [0.1, 0.15) is 10.8 Å². The normalized spacial score (nSPS) is 10.1. The van der Waals surface area contributed by atoms with Crippen LogP contribution in [0.15, 0.2) is 36.5 Å². The molecule has 4 heteroatoms. The van der Waals surface area contributed by atoms with Gasteiger partial charge in [0.15, 0.2) is 5.15 Å². The van der Waals surface area contributed by atoms with Crippen molar-refractivity contribution in [1.82, 2.24) is 9.97 Å². The second-order valence-corrected chi connectivity index (χ2v) is 3.44. The van der Waals surface area contributed by atoms with E-state index in [9.17, 15) is 0 Å². The molecule has 2 rings (SSSR count). The van der Waals surface area contributed by atoms with Gasteiger partial charge in [-0.1, -0.05) is 53.5 Å². The Morgan fingerprint density at radius 3 is 2.36 bits per heavy atom. The Bertz CT molecular complexity index is 443. The molecule has 0 spiro atoms. The molecule has 0 N–H and O–H groups in total. The number of rotatable bonds is 1. The van der Waals surface area contributed by atoms with Gasteiger partial charge >= 0.3 is 0 Å². The van der Waals surface area contributed by atoms with Crippen molar-refractivity contribution in [3.05, 3.63) is 46.8 Å². The van der Waals surface area contributed by atoms with E-state index in [-0.39, 0.29) is 0 Å². The number of hydrogen-bond donors (Lipinski definition) is 0. The van der Waals surface area contributed by atoms with Crippen LogP contribution in [0.1, 0.15) is 0 Å². The molecular weight excluding hydrogens is 219 g/mol. The highest BCUT2D eigenvalue weighted by Crippen LogP contribution is 2.24. The summed E-state index contributed by atoms with van der Waals surface area (Å²) < 4.78 is 0. The van der Waals surface area contributed by atoms with Gasteiger partial charge in [-0.05, 0) is 0 Å². The number of nitrogens with zero attached hydrogens (tertiary/aromatic N) is 2. The number of halogens is 2. The lowest BCUT2D eigenvalue weighted by atomic mass is 10.2. The van der Waals surface area contributed by atoms with Crippen LogP contribution in [0.2, 0.25) is 10.3 Å². The second-order valence-electron chi connectivity index (χ2n) is 2.70. The van der Waals surface area contributed by atoms with E-state index < -0.39 is 0 Å². The molecule has 0 unspecified atom stereocenters. The van der Waals surface area contributed by atoms with Crippen molar-refractivity contribution in [3.8, 4) is 11.3 Å². The summed E-state index contributed by atoms with van der Waals surface area (Å²) in [7, 11) is 0. The molecule has 0 saturated carbocycles. The molecule has 0 radical (unpaired) electrons. The van der Waals surface area contributed by atoms with Crippen LogP contribution in [0.4, 0.5) is 0 Å². The van der Waals surface area contributed by atoms with E-state index in [1.807, 2.05) is 30.3 Å². The summed E-state index contributed by atoms with van der Waals surface area (Å²) in [6, 6.07) is 9.61. The molecule has 0 bridgehead atoms. The van der Waals surface area contributed by atoms with Crippen LogP contribution in [-0.4, -0.2) is 9.97 Å². The lowest BCUT2D eigenvalue weighted by Crippen LogP contribution is -1.88. The zero-order chi connectivity index (χ0) is 9.97. The van der Waals surface area contributed by atoms with Gasteiger partial charge in [-0.2, -0.15) is 0 Å². The highest BCUT2D eigenvalue weighted by Gasteiger charge is 2.05. The third-order valence-corrected chi connectivity index (χ3v) is 2.19. The Morgan fingerprint density at radius 1 is 1.00 bits per heavy atom. The molecule has 70 valence electrons. The van der Waals surface area contributed by atoms with Crippen molar-refractivity contribution in [2.75, 3.05) is 0 Å². The maximum absolute atomic E-state index is 5.91. The molecule has 14 heavy (non-hydrogen) atoms. The quantitative estimate of drug-likeness (QED) is 0.742. The lowest BCUT2D eigenvalue weighted by Gasteiger charge is -2.01. The van der Waals surface area contributed by atoms with Gasteiger partial charge in [0.05, 0.1) is 6.20 Å². The van der Waals surface area contributed by atoms with E-state index in [0.29, 0.717) is 16.0 Å². The molecule has 1 aromatic carbocycles. The first-order valence-corrected chi connectivity index (χ1v) is 4.76. The highest BCUT2D eigenvalue weighted by atomic mass is 35.5. The fourth-order valence-corrected chi connectivity index (χ4v) is 1.56. The minimum Gasteiger partial charge on any atom is -0.250 e. The van der Waals surface area contributed by atoms with E-state index in [1.165, 1.54) is 6.20 Å². The summed E-state index contributed by atoms with van der Waals surface area (Å²) >= 11 is 11.6. The Labute approximate surface area is 91.5 Å². The molecule has 2 aromatic rings. The van der Waals surface area contributed by atoms with Gasteiger partial charge in [0, 0.05) is 5.56 Å². The van der Waals surface area contributed by atoms with Gasteiger partial charge in [0.2, 0.25) is 0 Å². The Morgan fingerprint density at radius 2 is 1.71 bits per heavy atom. The summed E-state index contributed by atoms with van der Waals surface area (Å²) in [6.07, 6.45) is 1.48. The van der Waals surface area contributed by atoms with Crippen LogP contribution in [0.25, 0.3) is 11.3 Å². The molecule has 0 fully saturated rings. The minimum atomic E-state index is 0.301. The van der Waals surface area contributed by atoms with Crippen LogP contribution < -0.4 is 0 Å². The molecule has 0 amide bonds. The number of hydrogen-bond acceptors (Lipinski definition) is 2. The smallest absolute Gasteiger partial charge is 0.157 e. The van der Waals surface area contributed by atoms with Crippen LogP contribution in [0.3, 0.4) is 0 Å². The molecule has 0 saturated heterocycles. The van der Waals surface area contributed by atoms with Crippen LogP contribution >= 0.6 is 23.2 Å². The van der Waals surface area contributed by atoms with Gasteiger partial charge in [-0.25, -0.2) is 9.97 Å². The van der Waals surface area contributed by atoms with Crippen molar-refractivity contribution < 1.29 is 0 Å². The van der Waals surface area contributed by atoms with E-state index in [0.717, 1.165) is 5.56 Å². The van der Waals surface area contributed by atoms with Crippen LogP contribution in [-0.2, 0) is 0 Å². The van der Waals surface area contributed by atoms with Crippen LogP contribution in [0, 0.1) is 0 Å². The van der Waals surface area contributed by atoms with Gasteiger partial charge < -0.3 is 0 Å². The molecular formula is C10H6Cl2N2. The molecule has 1 aromatic heterocycles. The fraction of sp³-hybridized carbons (Fsp3) is 0. The molecule has 1 heterocycles. The first kappa shape index (κ1) is 9.44. The molecule has 0 aliphatic heterocycles. The molecule has 0 aliphatic carbocycles. The van der Waals surface area contributed by atoms with Crippen molar-refractivity contribution in [3.63, 3.8) is 0 Å². The molecule has 0 atom stereocenters. The van der Waals surface area contributed by atoms with E-state index in [2.05, 4.69) is 9.97 Å². The summed E-state index contributed by atoms with van der Waals surface area (Å²) in [5.41, 5.74) is 1.58. The largest absolute Gasteiger partial charge is 0.250 e. The zero-order valence-corrected chi connectivity index (χ0v) is 8.63. The molecule has 0 aliphatic rings. The predicted molar refractivity (Wildman–Crippen MR) is 57.5 cm³/mol. The van der Waals surface area contributed by atoms with Crippen molar-refractivity contribution in [2.45, 2.75) is 0 Å². The second kappa shape index (κ2) is 3.95. The average Bonchev–Trinajstić information content (AvgIpc) is 2.19. The third-order valence-electron chi connectivity index (χ3n) is 1.75. The minimum absolute atomic E-state index is 0.301. The summed E-state index contributed by atoms with van der Waals surface area (Å²) in [5.74, 6) is 0. The van der Waals surface area contributed by atoms with Gasteiger partial charge in [-0.15, -0.1) is 0 Å². The standard InChI is InChI=1S/C10H6Cl2N2/c11-8-6-13-9(10(12)14-8)7-4-2-1-3-5-7/h1-6H. The monoisotopic (exact) mass is 224 g/mol. The van der Waals surface area contributed by atoms with E-state index in [4.69, 9.17) is 23.2 Å². The van der Waals surface area contributed by atoms with Crippen molar-refractivity contribution in [2.24, 2.45) is 0 Å². The van der Waals surface area contributed by atoms with E-state index in [1.54, 1.807) is 0 Å². The summed E-state index contributed by atoms with van der Waals surface area (Å²) in [4.78, 5) is 8.04. The van der Waals surface area contributed by atoms with Crippen LogP contribution in [0.5, 0.6) is 0 Å². The third kappa shape index (κ3) is 1.86.